The quantitative estimate of drug-likeness (QED) is 0.444. The fourth-order valence-corrected chi connectivity index (χ4v) is 4.67. The summed E-state index contributed by atoms with van der Waals surface area (Å²) in [5, 5.41) is 4.44. The zero-order valence-corrected chi connectivity index (χ0v) is 19.3. The van der Waals surface area contributed by atoms with Gasteiger partial charge in [-0.3, -0.25) is 4.72 Å². The predicted molar refractivity (Wildman–Crippen MR) is 122 cm³/mol. The Morgan fingerprint density at radius 1 is 0.939 bits per heavy atom. The maximum absolute atomic E-state index is 13.3. The maximum Gasteiger partial charge on any atom is 0.262 e. The van der Waals surface area contributed by atoms with Crippen LogP contribution in [0.3, 0.4) is 0 Å². The fourth-order valence-electron chi connectivity index (χ4n) is 3.38. The third-order valence-corrected chi connectivity index (χ3v) is 6.32. The van der Waals surface area contributed by atoms with E-state index in [4.69, 9.17) is 4.74 Å². The second-order valence-electron chi connectivity index (χ2n) is 7.59. The summed E-state index contributed by atoms with van der Waals surface area (Å²) in [5.41, 5.74) is 2.47. The summed E-state index contributed by atoms with van der Waals surface area (Å²) >= 11 is 0. The van der Waals surface area contributed by atoms with Crippen LogP contribution in [0, 0.1) is 33.5 Å². The van der Waals surface area contributed by atoms with Crippen LogP contribution in [0.4, 0.5) is 10.1 Å². The van der Waals surface area contributed by atoms with Crippen molar-refractivity contribution in [2.75, 3.05) is 4.72 Å². The van der Waals surface area contributed by atoms with Gasteiger partial charge < -0.3 is 4.74 Å². The van der Waals surface area contributed by atoms with Crippen LogP contribution in [-0.4, -0.2) is 28.2 Å². The van der Waals surface area contributed by atoms with Crippen molar-refractivity contribution in [3.8, 4) is 17.4 Å². The molecule has 0 saturated heterocycles. The minimum absolute atomic E-state index is 0.0115. The average molecular weight is 468 g/mol. The van der Waals surface area contributed by atoms with E-state index in [0.717, 1.165) is 17.5 Å². The van der Waals surface area contributed by atoms with Gasteiger partial charge in [0.2, 0.25) is 5.88 Å². The number of benzene rings is 2. The molecule has 1 N–H and O–H groups in total. The lowest BCUT2D eigenvalue weighted by atomic mass is 10.2. The Labute approximate surface area is 191 Å². The Morgan fingerprint density at radius 2 is 1.67 bits per heavy atom. The monoisotopic (exact) mass is 467 g/mol. The van der Waals surface area contributed by atoms with Crippen molar-refractivity contribution >= 4 is 15.7 Å². The summed E-state index contributed by atoms with van der Waals surface area (Å²) in [7, 11) is -3.86. The van der Waals surface area contributed by atoms with Gasteiger partial charge in [-0.15, -0.1) is 0 Å². The molecule has 0 bridgehead atoms. The Balaban J connectivity index is 1.53. The molecule has 2 aromatic carbocycles. The Bertz CT molecular complexity index is 1430. The van der Waals surface area contributed by atoms with E-state index in [-0.39, 0.29) is 4.90 Å². The van der Waals surface area contributed by atoms with Gasteiger partial charge in [0, 0.05) is 17.4 Å². The van der Waals surface area contributed by atoms with Crippen molar-refractivity contribution < 1.29 is 17.5 Å². The first-order valence-electron chi connectivity index (χ1n) is 10.1. The molecule has 0 aliphatic heterocycles. The van der Waals surface area contributed by atoms with Gasteiger partial charge in [-0.25, -0.2) is 22.5 Å². The van der Waals surface area contributed by atoms with Gasteiger partial charge >= 0.3 is 0 Å². The molecule has 0 radical (unpaired) electrons. The molecule has 0 amide bonds. The van der Waals surface area contributed by atoms with E-state index in [1.165, 1.54) is 12.1 Å². The van der Waals surface area contributed by atoms with Crippen LogP contribution in [0.25, 0.3) is 5.82 Å². The van der Waals surface area contributed by atoms with E-state index in [9.17, 15) is 12.8 Å². The fraction of sp³-hybridized carbons (Fsp3) is 0.174. The lowest BCUT2D eigenvalue weighted by Crippen LogP contribution is -2.14. The van der Waals surface area contributed by atoms with Gasteiger partial charge in [-0.1, -0.05) is 0 Å². The first-order valence-corrected chi connectivity index (χ1v) is 11.6. The Morgan fingerprint density at radius 3 is 2.30 bits per heavy atom. The Kier molecular flexibility index (Phi) is 5.86. The van der Waals surface area contributed by atoms with E-state index in [0.29, 0.717) is 34.5 Å². The number of hydrogen-bond acceptors (Lipinski definition) is 6. The molecule has 0 unspecified atom stereocenters. The molecule has 2 heterocycles. The third-order valence-electron chi connectivity index (χ3n) is 4.78. The minimum atomic E-state index is -3.86. The highest BCUT2D eigenvalue weighted by atomic mass is 32.2. The molecule has 0 spiro atoms. The number of rotatable bonds is 6. The number of halogens is 1. The van der Waals surface area contributed by atoms with E-state index in [1.807, 2.05) is 19.9 Å². The molecule has 8 nitrogen and oxygen atoms in total. The summed E-state index contributed by atoms with van der Waals surface area (Å²) in [6.45, 7) is 7.14. The number of anilines is 1. The van der Waals surface area contributed by atoms with Crippen LogP contribution in [-0.2, 0) is 10.0 Å². The second kappa shape index (κ2) is 8.62. The normalized spacial score (nSPS) is 11.4. The van der Waals surface area contributed by atoms with E-state index < -0.39 is 15.8 Å². The molecule has 4 rings (SSSR count). The van der Waals surface area contributed by atoms with Crippen LogP contribution < -0.4 is 9.46 Å². The van der Waals surface area contributed by atoms with Crippen molar-refractivity contribution in [2.24, 2.45) is 0 Å². The van der Waals surface area contributed by atoms with Gasteiger partial charge in [0.05, 0.1) is 10.6 Å². The number of aromatic nitrogens is 4. The molecule has 0 aliphatic rings. The second-order valence-corrected chi connectivity index (χ2v) is 9.24. The smallest absolute Gasteiger partial charge is 0.262 e. The van der Waals surface area contributed by atoms with Crippen LogP contribution >= 0.6 is 0 Å². The van der Waals surface area contributed by atoms with E-state index in [2.05, 4.69) is 19.8 Å². The highest BCUT2D eigenvalue weighted by Gasteiger charge is 2.17. The standard InChI is InChI=1S/C23H22FN5O3S/c1-14-11-18(24)5-10-21(14)33(30,31)28-19-6-8-20(9-7-19)32-23-13-22(25-17(4)26-23)29-16(3)12-15(2)27-29/h5-13,28H,1-4H3. The average Bonchev–Trinajstić information content (AvgIpc) is 3.06. The summed E-state index contributed by atoms with van der Waals surface area (Å²) in [6.07, 6.45) is 0. The van der Waals surface area contributed by atoms with Crippen LogP contribution in [0.2, 0.25) is 0 Å². The summed E-state index contributed by atoms with van der Waals surface area (Å²) in [6, 6.07) is 13.5. The first kappa shape index (κ1) is 22.4. The molecule has 33 heavy (non-hydrogen) atoms. The van der Waals surface area contributed by atoms with E-state index in [1.54, 1.807) is 48.9 Å². The topological polar surface area (TPSA) is 99.0 Å². The highest BCUT2D eigenvalue weighted by Crippen LogP contribution is 2.25. The van der Waals surface area contributed by atoms with Gasteiger partial charge in [-0.05, 0) is 81.8 Å². The molecule has 10 heteroatoms. The summed E-state index contributed by atoms with van der Waals surface area (Å²) in [4.78, 5) is 8.75. The third kappa shape index (κ3) is 5.01. The summed E-state index contributed by atoms with van der Waals surface area (Å²) in [5.74, 6) is 1.42. The number of nitrogens with zero attached hydrogens (tertiary/aromatic N) is 4. The predicted octanol–water partition coefficient (Wildman–Crippen LogP) is 4.63. The number of hydrogen-bond donors (Lipinski definition) is 1. The number of sulfonamides is 1. The molecule has 0 aliphatic carbocycles. The maximum atomic E-state index is 13.3. The number of ether oxygens (including phenoxy) is 1. The lowest BCUT2D eigenvalue weighted by Gasteiger charge is -2.12. The van der Waals surface area contributed by atoms with Crippen LogP contribution in [0.1, 0.15) is 22.8 Å². The first-order chi connectivity index (χ1) is 15.6. The van der Waals surface area contributed by atoms with Crippen molar-refractivity contribution in [1.82, 2.24) is 19.7 Å². The van der Waals surface area contributed by atoms with Crippen molar-refractivity contribution in [1.29, 1.82) is 0 Å². The van der Waals surface area contributed by atoms with Crippen molar-refractivity contribution in [3.63, 3.8) is 0 Å². The lowest BCUT2D eigenvalue weighted by molar-refractivity contribution is 0.459. The molecule has 0 atom stereocenters. The zero-order chi connectivity index (χ0) is 23.8. The largest absolute Gasteiger partial charge is 0.439 e. The summed E-state index contributed by atoms with van der Waals surface area (Å²) < 4.78 is 48.7. The molecule has 170 valence electrons. The number of aryl methyl sites for hydroxylation is 4. The molecule has 0 saturated carbocycles. The SMILES string of the molecule is Cc1cc(C)n(-c2cc(Oc3ccc(NS(=O)(=O)c4ccc(F)cc4C)cc3)nc(C)n2)n1. The van der Waals surface area contributed by atoms with Crippen molar-refractivity contribution in [2.45, 2.75) is 32.6 Å². The molecular formula is C23H22FN5O3S. The highest BCUT2D eigenvalue weighted by molar-refractivity contribution is 7.92. The molecule has 2 aromatic heterocycles. The van der Waals surface area contributed by atoms with Gasteiger partial charge in [-0.2, -0.15) is 10.1 Å². The van der Waals surface area contributed by atoms with Crippen LogP contribution in [0.5, 0.6) is 11.6 Å². The molecular weight excluding hydrogens is 445 g/mol. The van der Waals surface area contributed by atoms with Crippen LogP contribution in [0.15, 0.2) is 59.5 Å². The van der Waals surface area contributed by atoms with Gasteiger partial charge in [0.15, 0.2) is 5.82 Å². The minimum Gasteiger partial charge on any atom is -0.439 e. The molecule has 4 aromatic rings. The molecule has 0 fully saturated rings. The van der Waals surface area contributed by atoms with Gasteiger partial charge in [0.1, 0.15) is 17.4 Å². The zero-order valence-electron chi connectivity index (χ0n) is 18.5. The van der Waals surface area contributed by atoms with Crippen molar-refractivity contribution in [3.05, 3.63) is 83.2 Å². The van der Waals surface area contributed by atoms with E-state index >= 15 is 0 Å². The Hall–Kier alpha value is -3.79. The van der Waals surface area contributed by atoms with Gasteiger partial charge in [0.25, 0.3) is 10.0 Å². The number of nitrogens with one attached hydrogen (secondary N) is 1.